The van der Waals surface area contributed by atoms with Crippen LogP contribution in [0.5, 0.6) is 5.75 Å². The number of hydrogen-bond acceptors (Lipinski definition) is 4. The number of hydrogen-bond donors (Lipinski definition) is 2. The monoisotopic (exact) mass is 358 g/mol. The first kappa shape index (κ1) is 16.1. The van der Waals surface area contributed by atoms with E-state index in [9.17, 15) is 5.11 Å². The molecular formula is C22H22N4O. The van der Waals surface area contributed by atoms with Crippen molar-refractivity contribution in [2.24, 2.45) is 0 Å². The number of benzene rings is 2. The van der Waals surface area contributed by atoms with Crippen LogP contribution in [0.25, 0.3) is 27.7 Å². The second-order valence-corrected chi connectivity index (χ2v) is 7.27. The largest absolute Gasteiger partial charge is 0.507 e. The Balaban J connectivity index is 1.74. The van der Waals surface area contributed by atoms with Gasteiger partial charge in [-0.25, -0.2) is 4.98 Å². The van der Waals surface area contributed by atoms with E-state index in [1.165, 1.54) is 32.1 Å². The normalized spacial score (nSPS) is 15.4. The highest BCUT2D eigenvalue weighted by atomic mass is 16.3. The molecule has 5 rings (SSSR count). The molecule has 2 aromatic heterocycles. The van der Waals surface area contributed by atoms with E-state index < -0.39 is 0 Å². The van der Waals surface area contributed by atoms with Gasteiger partial charge in [-0.3, -0.25) is 9.38 Å². The van der Waals surface area contributed by atoms with E-state index in [-0.39, 0.29) is 5.75 Å². The van der Waals surface area contributed by atoms with E-state index in [1.54, 1.807) is 18.5 Å². The molecule has 1 aliphatic carbocycles. The number of nitrogens with one attached hydrogen (secondary N) is 1. The van der Waals surface area contributed by atoms with Crippen molar-refractivity contribution in [3.63, 3.8) is 0 Å². The highest BCUT2D eigenvalue weighted by Crippen LogP contribution is 2.40. The molecule has 0 bridgehead atoms. The summed E-state index contributed by atoms with van der Waals surface area (Å²) in [7, 11) is 0. The van der Waals surface area contributed by atoms with Gasteiger partial charge >= 0.3 is 0 Å². The van der Waals surface area contributed by atoms with Crippen molar-refractivity contribution in [1.82, 2.24) is 14.4 Å². The molecule has 0 atom stereocenters. The molecule has 4 aromatic rings. The van der Waals surface area contributed by atoms with Crippen molar-refractivity contribution < 1.29 is 5.11 Å². The lowest BCUT2D eigenvalue weighted by Gasteiger charge is -2.24. The quantitative estimate of drug-likeness (QED) is 0.541. The van der Waals surface area contributed by atoms with Crippen molar-refractivity contribution in [2.45, 2.75) is 38.1 Å². The van der Waals surface area contributed by atoms with Crippen LogP contribution in [0, 0.1) is 0 Å². The fourth-order valence-electron chi connectivity index (χ4n) is 4.17. The van der Waals surface area contributed by atoms with Crippen LogP contribution in [0.4, 0.5) is 5.82 Å². The summed E-state index contributed by atoms with van der Waals surface area (Å²) in [5.41, 5.74) is 2.33. The summed E-state index contributed by atoms with van der Waals surface area (Å²) < 4.78 is 2.04. The van der Waals surface area contributed by atoms with Crippen LogP contribution in [0.1, 0.15) is 32.1 Å². The number of aromatic hydroxyl groups is 1. The molecule has 0 spiro atoms. The first-order valence-corrected chi connectivity index (χ1v) is 9.61. The van der Waals surface area contributed by atoms with Crippen LogP contribution in [-0.4, -0.2) is 25.5 Å². The Morgan fingerprint density at radius 3 is 2.78 bits per heavy atom. The molecule has 2 heterocycles. The minimum Gasteiger partial charge on any atom is -0.507 e. The lowest BCUT2D eigenvalue weighted by molar-refractivity contribution is 0.461. The first-order chi connectivity index (χ1) is 13.3. The Hall–Kier alpha value is -3.08. The fourth-order valence-corrected chi connectivity index (χ4v) is 4.17. The highest BCUT2D eigenvalue weighted by molar-refractivity contribution is 6.01. The van der Waals surface area contributed by atoms with E-state index >= 15 is 0 Å². The zero-order valence-corrected chi connectivity index (χ0v) is 15.1. The van der Waals surface area contributed by atoms with E-state index in [2.05, 4.69) is 16.4 Å². The molecule has 1 saturated carbocycles. The molecule has 0 aliphatic heterocycles. The van der Waals surface area contributed by atoms with Crippen molar-refractivity contribution in [3.05, 3.63) is 55.0 Å². The second-order valence-electron chi connectivity index (χ2n) is 7.27. The maximum Gasteiger partial charge on any atom is 0.157 e. The van der Waals surface area contributed by atoms with Gasteiger partial charge in [-0.05, 0) is 29.7 Å². The standard InChI is InChI=1S/C22H22N4O/c27-18-11-10-15-6-4-5-9-17(15)20(18)21-22(24-16-7-2-1-3-8-16)26-13-12-23-14-19(26)25-21/h4-6,9-14,16,24,27H,1-3,7-8H2. The van der Waals surface area contributed by atoms with E-state index in [1.807, 2.05) is 34.9 Å². The number of imidazole rings is 1. The maximum atomic E-state index is 10.7. The molecular weight excluding hydrogens is 336 g/mol. The zero-order valence-electron chi connectivity index (χ0n) is 15.1. The van der Waals surface area contributed by atoms with Crippen molar-refractivity contribution >= 4 is 22.2 Å². The summed E-state index contributed by atoms with van der Waals surface area (Å²) in [5.74, 6) is 1.18. The number of phenolic OH excluding ortho intramolecular Hbond substituents is 1. The smallest absolute Gasteiger partial charge is 0.157 e. The summed E-state index contributed by atoms with van der Waals surface area (Å²) in [6.07, 6.45) is 11.6. The van der Waals surface area contributed by atoms with Gasteiger partial charge in [0.05, 0.1) is 11.8 Å². The van der Waals surface area contributed by atoms with Crippen LogP contribution in [0.15, 0.2) is 55.0 Å². The van der Waals surface area contributed by atoms with Crippen LogP contribution in [0.2, 0.25) is 0 Å². The molecule has 27 heavy (non-hydrogen) atoms. The van der Waals surface area contributed by atoms with Gasteiger partial charge in [0, 0.05) is 18.4 Å². The topological polar surface area (TPSA) is 62.5 Å². The number of aromatic nitrogens is 3. The van der Waals surface area contributed by atoms with E-state index in [0.29, 0.717) is 6.04 Å². The third-order valence-electron chi connectivity index (χ3n) is 5.52. The van der Waals surface area contributed by atoms with Crippen LogP contribution in [-0.2, 0) is 0 Å². The Labute approximate surface area is 157 Å². The molecule has 1 fully saturated rings. The van der Waals surface area contributed by atoms with E-state index in [0.717, 1.165) is 33.5 Å². The fraction of sp³-hybridized carbons (Fsp3) is 0.273. The average molecular weight is 358 g/mol. The molecule has 5 heteroatoms. The summed E-state index contributed by atoms with van der Waals surface area (Å²) in [4.78, 5) is 9.06. The van der Waals surface area contributed by atoms with Crippen molar-refractivity contribution in [3.8, 4) is 17.0 Å². The average Bonchev–Trinajstić information content (AvgIpc) is 3.07. The Kier molecular flexibility index (Phi) is 3.93. The molecule has 0 amide bonds. The molecule has 2 aromatic carbocycles. The number of phenols is 1. The molecule has 1 aliphatic rings. The SMILES string of the molecule is Oc1ccc2ccccc2c1-c1nc2cnccn2c1NC1CCCCC1. The lowest BCUT2D eigenvalue weighted by atomic mass is 9.95. The molecule has 0 unspecified atom stereocenters. The molecule has 2 N–H and O–H groups in total. The van der Waals surface area contributed by atoms with Crippen LogP contribution in [0.3, 0.4) is 0 Å². The van der Waals surface area contributed by atoms with Crippen molar-refractivity contribution in [1.29, 1.82) is 0 Å². The number of fused-ring (bicyclic) bond motifs is 2. The van der Waals surface area contributed by atoms with Gasteiger partial charge in [-0.1, -0.05) is 49.6 Å². The highest BCUT2D eigenvalue weighted by Gasteiger charge is 2.22. The molecule has 0 radical (unpaired) electrons. The first-order valence-electron chi connectivity index (χ1n) is 9.61. The van der Waals surface area contributed by atoms with Gasteiger partial charge < -0.3 is 10.4 Å². The van der Waals surface area contributed by atoms with Gasteiger partial charge in [0.25, 0.3) is 0 Å². The zero-order chi connectivity index (χ0) is 18.2. The lowest BCUT2D eigenvalue weighted by Crippen LogP contribution is -2.23. The predicted octanol–water partition coefficient (Wildman–Crippen LogP) is 5.00. The van der Waals surface area contributed by atoms with Crippen molar-refractivity contribution in [2.75, 3.05) is 5.32 Å². The number of rotatable bonds is 3. The number of anilines is 1. The number of nitrogens with zero attached hydrogens (tertiary/aromatic N) is 3. The minimum absolute atomic E-state index is 0.247. The molecule has 0 saturated heterocycles. The maximum absolute atomic E-state index is 10.7. The van der Waals surface area contributed by atoms with Crippen LogP contribution >= 0.6 is 0 Å². The van der Waals surface area contributed by atoms with E-state index in [4.69, 9.17) is 4.98 Å². The third kappa shape index (κ3) is 2.79. The molecule has 5 nitrogen and oxygen atoms in total. The molecule has 136 valence electrons. The predicted molar refractivity (Wildman–Crippen MR) is 108 cm³/mol. The Morgan fingerprint density at radius 1 is 1.04 bits per heavy atom. The van der Waals surface area contributed by atoms with Gasteiger partial charge in [0.1, 0.15) is 17.3 Å². The summed E-state index contributed by atoms with van der Waals surface area (Å²) >= 11 is 0. The van der Waals surface area contributed by atoms with Gasteiger partial charge in [0.2, 0.25) is 0 Å². The van der Waals surface area contributed by atoms with Gasteiger partial charge in [-0.2, -0.15) is 0 Å². The third-order valence-corrected chi connectivity index (χ3v) is 5.52. The van der Waals surface area contributed by atoms with Crippen LogP contribution < -0.4 is 5.32 Å². The summed E-state index contributed by atoms with van der Waals surface area (Å²) in [5, 5.41) is 16.5. The minimum atomic E-state index is 0.247. The summed E-state index contributed by atoms with van der Waals surface area (Å²) in [6, 6.07) is 12.2. The van der Waals surface area contributed by atoms with Gasteiger partial charge in [0.15, 0.2) is 5.65 Å². The second kappa shape index (κ2) is 6.58. The summed E-state index contributed by atoms with van der Waals surface area (Å²) in [6.45, 7) is 0. The Bertz CT molecular complexity index is 1110. The van der Waals surface area contributed by atoms with Gasteiger partial charge in [-0.15, -0.1) is 0 Å². The Morgan fingerprint density at radius 2 is 1.89 bits per heavy atom.